The van der Waals surface area contributed by atoms with Gasteiger partial charge in [-0.25, -0.2) is 4.39 Å². The third-order valence-electron chi connectivity index (χ3n) is 3.08. The summed E-state index contributed by atoms with van der Waals surface area (Å²) in [6, 6.07) is 6.54. The predicted octanol–water partition coefficient (Wildman–Crippen LogP) is 4.02. The highest BCUT2D eigenvalue weighted by Crippen LogP contribution is 2.32. The molecule has 1 N–H and O–H groups in total. The smallest absolute Gasteiger partial charge is 0.206 e. The number of nitrogens with one attached hydrogen (secondary N) is 1. The molecule has 4 nitrogen and oxygen atoms in total. The van der Waals surface area contributed by atoms with Gasteiger partial charge in [-0.3, -0.25) is 4.98 Å². The summed E-state index contributed by atoms with van der Waals surface area (Å²) in [5, 5.41) is 13.9. The number of fused-ring (bicyclic) bond motifs is 1. The van der Waals surface area contributed by atoms with Gasteiger partial charge in [0.1, 0.15) is 10.8 Å². The molecule has 2 heterocycles. The molecule has 0 saturated heterocycles. The lowest BCUT2D eigenvalue weighted by molar-refractivity contribution is 0.629. The molecule has 2 aromatic heterocycles. The maximum atomic E-state index is 13.5. The molecule has 3 aromatic rings. The molecule has 0 fully saturated rings. The fourth-order valence-electron chi connectivity index (χ4n) is 2.14. The third-order valence-corrected chi connectivity index (χ3v) is 3.99. The Morgan fingerprint density at radius 1 is 1.24 bits per heavy atom. The standard InChI is InChI=1S/C15H15FN4S/c1-3-6-17-15-20-19-14(21-15)12-7-9(2)18-13-5-4-10(16)8-11(12)13/h4-5,7-8H,3,6H2,1-2H3,(H,17,20). The van der Waals surface area contributed by atoms with Crippen LogP contribution in [0, 0.1) is 12.7 Å². The maximum absolute atomic E-state index is 13.5. The second-order valence-corrected chi connectivity index (χ2v) is 5.79. The van der Waals surface area contributed by atoms with Crippen molar-refractivity contribution in [2.45, 2.75) is 20.3 Å². The Balaban J connectivity index is 2.10. The first kappa shape index (κ1) is 13.9. The summed E-state index contributed by atoms with van der Waals surface area (Å²) in [6.45, 7) is 4.88. The first-order chi connectivity index (χ1) is 10.2. The van der Waals surface area contributed by atoms with Crippen molar-refractivity contribution >= 4 is 27.4 Å². The number of pyridine rings is 1. The lowest BCUT2D eigenvalue weighted by Crippen LogP contribution is -1.98. The molecule has 0 aliphatic carbocycles. The van der Waals surface area contributed by atoms with Crippen LogP contribution in [0.25, 0.3) is 21.5 Å². The van der Waals surface area contributed by atoms with Gasteiger partial charge in [-0.15, -0.1) is 10.2 Å². The molecule has 3 rings (SSSR count). The minimum atomic E-state index is -0.275. The normalized spacial score (nSPS) is 11.0. The van der Waals surface area contributed by atoms with Crippen molar-refractivity contribution < 1.29 is 4.39 Å². The zero-order chi connectivity index (χ0) is 14.8. The Hall–Kier alpha value is -2.08. The number of benzene rings is 1. The maximum Gasteiger partial charge on any atom is 0.206 e. The summed E-state index contributed by atoms with van der Waals surface area (Å²) < 4.78 is 13.5. The van der Waals surface area contributed by atoms with Crippen LogP contribution in [-0.2, 0) is 0 Å². The Labute approximate surface area is 126 Å². The van der Waals surface area contributed by atoms with Gasteiger partial charge in [0.2, 0.25) is 5.13 Å². The number of rotatable bonds is 4. The Kier molecular flexibility index (Phi) is 3.79. The van der Waals surface area contributed by atoms with E-state index in [-0.39, 0.29) is 5.82 Å². The molecule has 0 radical (unpaired) electrons. The van der Waals surface area contributed by atoms with Gasteiger partial charge in [0, 0.05) is 23.2 Å². The molecule has 0 spiro atoms. The van der Waals surface area contributed by atoms with Crippen molar-refractivity contribution in [3.05, 3.63) is 35.8 Å². The van der Waals surface area contributed by atoms with Gasteiger partial charge in [0.05, 0.1) is 5.52 Å². The molecule has 0 amide bonds. The number of nitrogens with zero attached hydrogens (tertiary/aromatic N) is 3. The Bertz CT molecular complexity index is 784. The molecule has 1 aromatic carbocycles. The van der Waals surface area contributed by atoms with E-state index in [2.05, 4.69) is 27.4 Å². The summed E-state index contributed by atoms with van der Waals surface area (Å²) in [6.07, 6.45) is 1.03. The number of anilines is 1. The molecule has 108 valence electrons. The van der Waals surface area contributed by atoms with Crippen molar-refractivity contribution in [3.63, 3.8) is 0 Å². The van der Waals surface area contributed by atoms with Crippen LogP contribution in [0.3, 0.4) is 0 Å². The number of aromatic nitrogens is 3. The van der Waals surface area contributed by atoms with E-state index in [1.165, 1.54) is 23.5 Å². The number of hydrogen-bond donors (Lipinski definition) is 1. The van der Waals surface area contributed by atoms with E-state index in [9.17, 15) is 4.39 Å². The van der Waals surface area contributed by atoms with Crippen molar-refractivity contribution in [2.24, 2.45) is 0 Å². The van der Waals surface area contributed by atoms with E-state index in [4.69, 9.17) is 0 Å². The molecular formula is C15H15FN4S. The van der Waals surface area contributed by atoms with Gasteiger partial charge in [0.15, 0.2) is 0 Å². The van der Waals surface area contributed by atoms with E-state index in [0.717, 1.165) is 45.3 Å². The summed E-state index contributed by atoms with van der Waals surface area (Å²) in [5.41, 5.74) is 2.52. The van der Waals surface area contributed by atoms with Crippen LogP contribution >= 0.6 is 11.3 Å². The number of aryl methyl sites for hydroxylation is 1. The summed E-state index contributed by atoms with van der Waals surface area (Å²) in [5.74, 6) is -0.275. The van der Waals surface area contributed by atoms with Crippen LogP contribution in [0.5, 0.6) is 0 Å². The highest BCUT2D eigenvalue weighted by Gasteiger charge is 2.12. The average Bonchev–Trinajstić information content (AvgIpc) is 2.93. The van der Waals surface area contributed by atoms with Crippen LogP contribution in [0.2, 0.25) is 0 Å². The Morgan fingerprint density at radius 2 is 2.10 bits per heavy atom. The van der Waals surface area contributed by atoms with Gasteiger partial charge < -0.3 is 5.32 Å². The summed E-state index contributed by atoms with van der Waals surface area (Å²) in [7, 11) is 0. The first-order valence-electron chi connectivity index (χ1n) is 6.82. The third kappa shape index (κ3) is 2.85. The quantitative estimate of drug-likeness (QED) is 0.790. The minimum absolute atomic E-state index is 0.275. The van der Waals surface area contributed by atoms with Crippen LogP contribution in [0.1, 0.15) is 19.0 Å². The van der Waals surface area contributed by atoms with E-state index >= 15 is 0 Å². The molecular weight excluding hydrogens is 287 g/mol. The number of hydrogen-bond acceptors (Lipinski definition) is 5. The topological polar surface area (TPSA) is 50.7 Å². The lowest BCUT2D eigenvalue weighted by atomic mass is 10.1. The van der Waals surface area contributed by atoms with Crippen LogP contribution < -0.4 is 5.32 Å². The lowest BCUT2D eigenvalue weighted by Gasteiger charge is -2.05. The van der Waals surface area contributed by atoms with Crippen molar-refractivity contribution in [2.75, 3.05) is 11.9 Å². The molecule has 0 unspecified atom stereocenters. The molecule has 6 heteroatoms. The van der Waals surface area contributed by atoms with Crippen LogP contribution in [-0.4, -0.2) is 21.7 Å². The number of halogens is 1. The van der Waals surface area contributed by atoms with Crippen LogP contribution in [0.4, 0.5) is 9.52 Å². The van der Waals surface area contributed by atoms with E-state index < -0.39 is 0 Å². The van der Waals surface area contributed by atoms with E-state index in [1.54, 1.807) is 6.07 Å². The Morgan fingerprint density at radius 3 is 2.90 bits per heavy atom. The molecule has 21 heavy (non-hydrogen) atoms. The minimum Gasteiger partial charge on any atom is -0.360 e. The van der Waals surface area contributed by atoms with Crippen molar-refractivity contribution in [1.29, 1.82) is 0 Å². The molecule has 0 atom stereocenters. The second kappa shape index (κ2) is 5.73. The SMILES string of the molecule is CCCNc1nnc(-c2cc(C)nc3ccc(F)cc23)s1. The second-order valence-electron chi connectivity index (χ2n) is 4.81. The van der Waals surface area contributed by atoms with Crippen molar-refractivity contribution in [3.8, 4) is 10.6 Å². The largest absolute Gasteiger partial charge is 0.360 e. The zero-order valence-electron chi connectivity index (χ0n) is 11.9. The van der Waals surface area contributed by atoms with Gasteiger partial charge in [-0.05, 0) is 37.6 Å². The molecule has 0 bridgehead atoms. The molecule has 0 aliphatic rings. The average molecular weight is 302 g/mol. The fraction of sp³-hybridized carbons (Fsp3) is 0.267. The predicted molar refractivity (Wildman–Crippen MR) is 84.1 cm³/mol. The van der Waals surface area contributed by atoms with Gasteiger partial charge >= 0.3 is 0 Å². The van der Waals surface area contributed by atoms with Gasteiger partial charge in [-0.1, -0.05) is 18.3 Å². The van der Waals surface area contributed by atoms with Gasteiger partial charge in [0.25, 0.3) is 0 Å². The molecule has 0 saturated carbocycles. The highest BCUT2D eigenvalue weighted by molar-refractivity contribution is 7.18. The molecule has 0 aliphatic heterocycles. The van der Waals surface area contributed by atoms with Crippen molar-refractivity contribution in [1.82, 2.24) is 15.2 Å². The highest BCUT2D eigenvalue weighted by atomic mass is 32.1. The monoisotopic (exact) mass is 302 g/mol. The fourth-order valence-corrected chi connectivity index (χ4v) is 2.94. The summed E-state index contributed by atoms with van der Waals surface area (Å²) in [4.78, 5) is 4.43. The first-order valence-corrected chi connectivity index (χ1v) is 7.63. The van der Waals surface area contributed by atoms with Gasteiger partial charge in [-0.2, -0.15) is 0 Å². The van der Waals surface area contributed by atoms with Crippen LogP contribution in [0.15, 0.2) is 24.3 Å². The summed E-state index contributed by atoms with van der Waals surface area (Å²) >= 11 is 1.47. The van der Waals surface area contributed by atoms with E-state index in [1.807, 2.05) is 13.0 Å². The van der Waals surface area contributed by atoms with E-state index in [0.29, 0.717) is 0 Å². The zero-order valence-corrected chi connectivity index (χ0v) is 12.7.